The van der Waals surface area contributed by atoms with Gasteiger partial charge in [-0.05, 0) is 18.8 Å². The van der Waals surface area contributed by atoms with Crippen molar-refractivity contribution in [2.75, 3.05) is 13.1 Å². The van der Waals surface area contributed by atoms with Crippen LogP contribution in [0.15, 0.2) is 0 Å². The summed E-state index contributed by atoms with van der Waals surface area (Å²) >= 11 is 0. The van der Waals surface area contributed by atoms with Gasteiger partial charge in [-0.3, -0.25) is 4.79 Å². The van der Waals surface area contributed by atoms with E-state index >= 15 is 0 Å². The van der Waals surface area contributed by atoms with E-state index in [4.69, 9.17) is 0 Å². The molecule has 0 bridgehead atoms. The Morgan fingerprint density at radius 1 is 1.53 bits per heavy atom. The van der Waals surface area contributed by atoms with Crippen LogP contribution in [0.25, 0.3) is 0 Å². The van der Waals surface area contributed by atoms with Gasteiger partial charge in [0.05, 0.1) is 0 Å². The maximum atomic E-state index is 11.2. The molecule has 2 unspecified atom stereocenters. The van der Waals surface area contributed by atoms with Gasteiger partial charge in [0.25, 0.3) is 0 Å². The molecule has 88 valence electrons. The zero-order valence-corrected chi connectivity index (χ0v) is 10.4. The fraction of sp³-hybridized carbons (Fsp3) is 0.917. The molecule has 0 aromatic carbocycles. The van der Waals surface area contributed by atoms with E-state index in [0.717, 1.165) is 25.9 Å². The quantitative estimate of drug-likeness (QED) is 0.768. The number of nitrogens with one attached hydrogen (secondary N) is 1. The lowest BCUT2D eigenvalue weighted by Gasteiger charge is -2.25. The second-order valence-electron chi connectivity index (χ2n) is 4.88. The minimum atomic E-state index is 0.205. The number of carbonyl (C=O) groups is 1. The van der Waals surface area contributed by atoms with Crippen molar-refractivity contribution >= 4 is 5.91 Å². The van der Waals surface area contributed by atoms with E-state index in [9.17, 15) is 4.79 Å². The number of likely N-dealkylation sites (tertiary alicyclic amines) is 1. The Bertz CT molecular complexity index is 216. The Morgan fingerprint density at radius 3 is 2.60 bits per heavy atom. The minimum absolute atomic E-state index is 0.205. The summed E-state index contributed by atoms with van der Waals surface area (Å²) < 4.78 is 0. The number of rotatable bonds is 4. The van der Waals surface area contributed by atoms with Crippen LogP contribution in [0, 0.1) is 5.92 Å². The molecule has 1 saturated heterocycles. The Kier molecular flexibility index (Phi) is 4.58. The molecule has 2 atom stereocenters. The second kappa shape index (κ2) is 5.50. The first-order valence-electron chi connectivity index (χ1n) is 6.06. The van der Waals surface area contributed by atoms with Crippen molar-refractivity contribution in [2.24, 2.45) is 5.92 Å². The molecule has 0 saturated carbocycles. The van der Waals surface area contributed by atoms with Gasteiger partial charge in [0.2, 0.25) is 5.91 Å². The summed E-state index contributed by atoms with van der Waals surface area (Å²) in [6.45, 7) is 10.2. The van der Waals surface area contributed by atoms with Gasteiger partial charge in [0.15, 0.2) is 0 Å². The lowest BCUT2D eigenvalue weighted by Crippen LogP contribution is -2.42. The highest BCUT2D eigenvalue weighted by atomic mass is 16.2. The maximum absolute atomic E-state index is 11.2. The van der Waals surface area contributed by atoms with E-state index in [1.807, 2.05) is 4.90 Å². The van der Waals surface area contributed by atoms with Gasteiger partial charge in [-0.1, -0.05) is 20.8 Å². The third-order valence-electron chi connectivity index (χ3n) is 3.33. The normalized spacial score (nSPS) is 23.5. The molecule has 1 aliphatic rings. The second-order valence-corrected chi connectivity index (χ2v) is 4.88. The predicted octanol–water partition coefficient (Wildman–Crippen LogP) is 1.63. The third-order valence-corrected chi connectivity index (χ3v) is 3.33. The molecular weight excluding hydrogens is 188 g/mol. The molecule has 3 nitrogen and oxygen atoms in total. The van der Waals surface area contributed by atoms with Gasteiger partial charge < -0.3 is 10.2 Å². The van der Waals surface area contributed by atoms with Crippen molar-refractivity contribution in [3.63, 3.8) is 0 Å². The Balaban J connectivity index is 2.37. The van der Waals surface area contributed by atoms with Crippen LogP contribution < -0.4 is 5.32 Å². The number of nitrogens with zero attached hydrogens (tertiary/aromatic N) is 1. The first-order valence-corrected chi connectivity index (χ1v) is 6.06. The molecule has 0 radical (unpaired) electrons. The SMILES string of the molecule is CCC(NC1CCN(C(C)=O)C1)C(C)C. The average Bonchev–Trinajstić information content (AvgIpc) is 2.61. The van der Waals surface area contributed by atoms with E-state index in [2.05, 4.69) is 26.1 Å². The van der Waals surface area contributed by atoms with Crippen LogP contribution in [-0.4, -0.2) is 36.0 Å². The van der Waals surface area contributed by atoms with Gasteiger partial charge in [-0.2, -0.15) is 0 Å². The number of carbonyl (C=O) groups excluding carboxylic acids is 1. The third kappa shape index (κ3) is 3.49. The van der Waals surface area contributed by atoms with Crippen molar-refractivity contribution in [1.82, 2.24) is 10.2 Å². The first kappa shape index (κ1) is 12.5. The minimum Gasteiger partial charge on any atom is -0.341 e. The van der Waals surface area contributed by atoms with Gasteiger partial charge in [-0.15, -0.1) is 0 Å². The summed E-state index contributed by atoms with van der Waals surface area (Å²) in [7, 11) is 0. The lowest BCUT2D eigenvalue weighted by molar-refractivity contribution is -0.127. The summed E-state index contributed by atoms with van der Waals surface area (Å²) in [6.07, 6.45) is 2.26. The highest BCUT2D eigenvalue weighted by molar-refractivity contribution is 5.73. The molecule has 0 aliphatic carbocycles. The summed E-state index contributed by atoms with van der Waals surface area (Å²) in [4.78, 5) is 13.1. The summed E-state index contributed by atoms with van der Waals surface area (Å²) in [6, 6.07) is 1.09. The van der Waals surface area contributed by atoms with Gasteiger partial charge in [-0.25, -0.2) is 0 Å². The standard InChI is InChI=1S/C12H24N2O/c1-5-12(9(2)3)13-11-6-7-14(8-11)10(4)15/h9,11-13H,5-8H2,1-4H3. The molecule has 1 rings (SSSR count). The van der Waals surface area contributed by atoms with Crippen LogP contribution in [0.1, 0.15) is 40.5 Å². The van der Waals surface area contributed by atoms with Crippen molar-refractivity contribution < 1.29 is 4.79 Å². The van der Waals surface area contributed by atoms with Crippen molar-refractivity contribution in [3.8, 4) is 0 Å². The molecule has 1 heterocycles. The van der Waals surface area contributed by atoms with Gasteiger partial charge in [0, 0.05) is 32.1 Å². The molecule has 0 aromatic rings. The molecular formula is C12H24N2O. The van der Waals surface area contributed by atoms with Crippen LogP contribution in [0.5, 0.6) is 0 Å². The van der Waals surface area contributed by atoms with Crippen molar-refractivity contribution in [3.05, 3.63) is 0 Å². The number of amides is 1. The molecule has 0 spiro atoms. The summed E-state index contributed by atoms with van der Waals surface area (Å²) in [5.74, 6) is 0.873. The molecule has 1 aliphatic heterocycles. The topological polar surface area (TPSA) is 32.3 Å². The monoisotopic (exact) mass is 212 g/mol. The predicted molar refractivity (Wildman–Crippen MR) is 62.7 cm³/mol. The van der Waals surface area contributed by atoms with E-state index in [1.54, 1.807) is 6.92 Å². The molecule has 3 heteroatoms. The lowest BCUT2D eigenvalue weighted by atomic mass is 10.0. The molecule has 1 amide bonds. The fourth-order valence-electron chi connectivity index (χ4n) is 2.27. The van der Waals surface area contributed by atoms with Crippen LogP contribution in [-0.2, 0) is 4.79 Å². The van der Waals surface area contributed by atoms with E-state index in [1.165, 1.54) is 0 Å². The first-order chi connectivity index (χ1) is 7.04. The number of hydrogen-bond donors (Lipinski definition) is 1. The van der Waals surface area contributed by atoms with Gasteiger partial charge >= 0.3 is 0 Å². The highest BCUT2D eigenvalue weighted by Gasteiger charge is 2.26. The maximum Gasteiger partial charge on any atom is 0.219 e. The molecule has 1 fully saturated rings. The van der Waals surface area contributed by atoms with Crippen LogP contribution in [0.2, 0.25) is 0 Å². The highest BCUT2D eigenvalue weighted by Crippen LogP contribution is 2.13. The zero-order valence-electron chi connectivity index (χ0n) is 10.4. The Labute approximate surface area is 93.2 Å². The van der Waals surface area contributed by atoms with E-state index in [0.29, 0.717) is 18.0 Å². The number of hydrogen-bond acceptors (Lipinski definition) is 2. The average molecular weight is 212 g/mol. The summed E-state index contributed by atoms with van der Waals surface area (Å²) in [5.41, 5.74) is 0. The van der Waals surface area contributed by atoms with Crippen molar-refractivity contribution in [2.45, 2.75) is 52.6 Å². The molecule has 0 aromatic heterocycles. The van der Waals surface area contributed by atoms with Crippen LogP contribution in [0.3, 0.4) is 0 Å². The van der Waals surface area contributed by atoms with E-state index < -0.39 is 0 Å². The smallest absolute Gasteiger partial charge is 0.219 e. The van der Waals surface area contributed by atoms with Crippen LogP contribution >= 0.6 is 0 Å². The van der Waals surface area contributed by atoms with Gasteiger partial charge in [0.1, 0.15) is 0 Å². The Morgan fingerprint density at radius 2 is 2.20 bits per heavy atom. The Hall–Kier alpha value is -0.570. The van der Waals surface area contributed by atoms with Crippen molar-refractivity contribution in [1.29, 1.82) is 0 Å². The van der Waals surface area contributed by atoms with Crippen LogP contribution in [0.4, 0.5) is 0 Å². The van der Waals surface area contributed by atoms with E-state index in [-0.39, 0.29) is 5.91 Å². The molecule has 15 heavy (non-hydrogen) atoms. The fourth-order valence-corrected chi connectivity index (χ4v) is 2.27. The largest absolute Gasteiger partial charge is 0.341 e. The molecule has 1 N–H and O–H groups in total. The zero-order chi connectivity index (χ0) is 11.4. The summed E-state index contributed by atoms with van der Waals surface area (Å²) in [5, 5.41) is 3.66.